The van der Waals surface area contributed by atoms with Crippen molar-refractivity contribution in [1.82, 2.24) is 10.2 Å². The van der Waals surface area contributed by atoms with E-state index in [-0.39, 0.29) is 12.5 Å². The van der Waals surface area contributed by atoms with Gasteiger partial charge in [-0.05, 0) is 36.6 Å². The van der Waals surface area contributed by atoms with Gasteiger partial charge in [-0.2, -0.15) is 0 Å². The van der Waals surface area contributed by atoms with E-state index in [1.165, 1.54) is 11.3 Å². The first-order valence-electron chi connectivity index (χ1n) is 7.79. The van der Waals surface area contributed by atoms with Gasteiger partial charge in [0.15, 0.2) is 10.9 Å². The van der Waals surface area contributed by atoms with Crippen LogP contribution >= 0.6 is 39.0 Å². The van der Waals surface area contributed by atoms with E-state index in [1.807, 2.05) is 25.1 Å². The van der Waals surface area contributed by atoms with Gasteiger partial charge in [0.25, 0.3) is 5.91 Å². The number of aromatic nitrogens is 2. The van der Waals surface area contributed by atoms with Crippen molar-refractivity contribution < 1.29 is 9.53 Å². The Morgan fingerprint density at radius 3 is 2.96 bits per heavy atom. The second kappa shape index (κ2) is 10.0. The molecule has 5 nitrogen and oxygen atoms in total. The lowest BCUT2D eigenvalue weighted by molar-refractivity contribution is -0.118. The third-order valence-corrected chi connectivity index (χ3v) is 5.69. The van der Waals surface area contributed by atoms with Crippen LogP contribution in [0, 0.1) is 0 Å². The average molecular weight is 430 g/mol. The molecule has 8 heteroatoms. The van der Waals surface area contributed by atoms with Crippen molar-refractivity contribution in [3.05, 3.63) is 28.2 Å². The van der Waals surface area contributed by atoms with Crippen LogP contribution < -0.4 is 10.1 Å². The van der Waals surface area contributed by atoms with Crippen LogP contribution in [0.15, 0.2) is 27.0 Å². The summed E-state index contributed by atoms with van der Waals surface area (Å²) in [6.07, 6.45) is 3.14. The van der Waals surface area contributed by atoms with Crippen LogP contribution in [0.3, 0.4) is 0 Å². The van der Waals surface area contributed by atoms with Gasteiger partial charge in [-0.1, -0.05) is 59.3 Å². The predicted octanol–water partition coefficient (Wildman–Crippen LogP) is 4.77. The van der Waals surface area contributed by atoms with Gasteiger partial charge in [-0.25, -0.2) is 0 Å². The van der Waals surface area contributed by atoms with E-state index >= 15 is 0 Å². The molecule has 1 heterocycles. The van der Waals surface area contributed by atoms with Crippen molar-refractivity contribution in [2.24, 2.45) is 0 Å². The zero-order chi connectivity index (χ0) is 17.4. The number of rotatable bonds is 9. The van der Waals surface area contributed by atoms with E-state index in [9.17, 15) is 4.79 Å². The molecule has 0 aliphatic heterocycles. The van der Waals surface area contributed by atoms with Gasteiger partial charge < -0.3 is 4.74 Å². The fraction of sp³-hybridized carbons (Fsp3) is 0.438. The third kappa shape index (κ3) is 6.07. The Labute approximate surface area is 158 Å². The van der Waals surface area contributed by atoms with E-state index in [1.54, 1.807) is 11.8 Å². The van der Waals surface area contributed by atoms with Crippen LogP contribution in [0.1, 0.15) is 32.3 Å². The Morgan fingerprint density at radius 2 is 2.21 bits per heavy atom. The number of nitrogens with zero attached hydrogens (tertiary/aromatic N) is 2. The Kier molecular flexibility index (Phi) is 8.01. The molecule has 24 heavy (non-hydrogen) atoms. The number of carbonyl (C=O) groups is 1. The van der Waals surface area contributed by atoms with Gasteiger partial charge in [0.2, 0.25) is 5.13 Å². The Bertz CT molecular complexity index is 679. The van der Waals surface area contributed by atoms with E-state index in [0.29, 0.717) is 5.13 Å². The number of nitrogens with one attached hydrogen (secondary N) is 1. The van der Waals surface area contributed by atoms with Crippen molar-refractivity contribution in [3.8, 4) is 5.75 Å². The molecule has 0 atom stereocenters. The van der Waals surface area contributed by atoms with Crippen LogP contribution in [0.5, 0.6) is 5.75 Å². The van der Waals surface area contributed by atoms with E-state index < -0.39 is 0 Å². The highest BCUT2D eigenvalue weighted by molar-refractivity contribution is 9.10. The number of ether oxygens (including phenoxy) is 1. The standard InChI is InChI=1S/C16H20BrN3O2S2/c1-3-5-8-23-16-20-19-15(24-16)18-14(21)10-22-13-7-6-12(17)9-11(13)4-2/h6-7,9H,3-5,8,10H2,1-2H3,(H,18,19,21). The maximum absolute atomic E-state index is 12.0. The van der Waals surface area contributed by atoms with Gasteiger partial charge in [0, 0.05) is 10.2 Å². The molecule has 0 saturated heterocycles. The molecule has 1 aromatic carbocycles. The summed E-state index contributed by atoms with van der Waals surface area (Å²) >= 11 is 6.49. The third-order valence-electron chi connectivity index (χ3n) is 3.14. The number of aryl methyl sites for hydroxylation is 1. The second-order valence-corrected chi connectivity index (χ2v) is 8.25. The van der Waals surface area contributed by atoms with Crippen molar-refractivity contribution in [3.63, 3.8) is 0 Å². The van der Waals surface area contributed by atoms with E-state index in [0.717, 1.165) is 45.1 Å². The second-order valence-electron chi connectivity index (χ2n) is 5.02. The maximum Gasteiger partial charge on any atom is 0.264 e. The number of amides is 1. The van der Waals surface area contributed by atoms with Crippen LogP contribution in [0.2, 0.25) is 0 Å². The van der Waals surface area contributed by atoms with Gasteiger partial charge in [-0.15, -0.1) is 10.2 Å². The fourth-order valence-electron chi connectivity index (χ4n) is 1.89. The van der Waals surface area contributed by atoms with Crippen molar-refractivity contribution in [1.29, 1.82) is 0 Å². The molecular formula is C16H20BrN3O2S2. The van der Waals surface area contributed by atoms with Crippen LogP contribution in [0.25, 0.3) is 0 Å². The number of thioether (sulfide) groups is 1. The van der Waals surface area contributed by atoms with Gasteiger partial charge in [0.05, 0.1) is 0 Å². The minimum Gasteiger partial charge on any atom is -0.483 e. The van der Waals surface area contributed by atoms with E-state index in [4.69, 9.17) is 4.74 Å². The molecule has 1 aromatic heterocycles. The summed E-state index contributed by atoms with van der Waals surface area (Å²) in [6.45, 7) is 4.15. The number of carbonyl (C=O) groups excluding carboxylic acids is 1. The summed E-state index contributed by atoms with van der Waals surface area (Å²) in [6, 6.07) is 5.76. The molecule has 130 valence electrons. The molecule has 0 bridgehead atoms. The lowest BCUT2D eigenvalue weighted by atomic mass is 10.1. The van der Waals surface area contributed by atoms with Gasteiger partial charge in [-0.3, -0.25) is 10.1 Å². The highest BCUT2D eigenvalue weighted by Crippen LogP contribution is 2.26. The van der Waals surface area contributed by atoms with Gasteiger partial charge in [0.1, 0.15) is 5.75 Å². The van der Waals surface area contributed by atoms with E-state index in [2.05, 4.69) is 38.4 Å². The van der Waals surface area contributed by atoms with Crippen molar-refractivity contribution in [2.45, 2.75) is 37.4 Å². The lowest BCUT2D eigenvalue weighted by Gasteiger charge is -2.10. The molecule has 0 saturated carbocycles. The summed E-state index contributed by atoms with van der Waals surface area (Å²) in [5.74, 6) is 1.51. The first kappa shape index (κ1) is 19.2. The normalized spacial score (nSPS) is 10.6. The Hall–Kier alpha value is -1.12. The Balaban J connectivity index is 1.83. The lowest BCUT2D eigenvalue weighted by Crippen LogP contribution is -2.20. The maximum atomic E-state index is 12.0. The first-order chi connectivity index (χ1) is 11.6. The molecule has 0 spiro atoms. The zero-order valence-corrected chi connectivity index (χ0v) is 16.9. The quantitative estimate of drug-likeness (QED) is 0.353. The summed E-state index contributed by atoms with van der Waals surface area (Å²) in [7, 11) is 0. The summed E-state index contributed by atoms with van der Waals surface area (Å²) < 4.78 is 7.50. The highest BCUT2D eigenvalue weighted by atomic mass is 79.9. The monoisotopic (exact) mass is 429 g/mol. The number of hydrogen-bond acceptors (Lipinski definition) is 6. The molecule has 0 unspecified atom stereocenters. The largest absolute Gasteiger partial charge is 0.483 e. The fourth-order valence-corrected chi connectivity index (χ4v) is 4.22. The zero-order valence-electron chi connectivity index (χ0n) is 13.7. The van der Waals surface area contributed by atoms with Gasteiger partial charge >= 0.3 is 0 Å². The molecule has 0 fully saturated rings. The minimum absolute atomic E-state index is 0.0491. The molecule has 1 N–H and O–H groups in total. The topological polar surface area (TPSA) is 64.1 Å². The predicted molar refractivity (Wildman–Crippen MR) is 103 cm³/mol. The van der Waals surface area contributed by atoms with Crippen molar-refractivity contribution >= 4 is 50.1 Å². The smallest absolute Gasteiger partial charge is 0.264 e. The van der Waals surface area contributed by atoms with Crippen molar-refractivity contribution in [2.75, 3.05) is 17.7 Å². The van der Waals surface area contributed by atoms with Crippen LogP contribution in [0.4, 0.5) is 5.13 Å². The number of anilines is 1. The Morgan fingerprint density at radius 1 is 1.38 bits per heavy atom. The molecule has 0 aliphatic rings. The SMILES string of the molecule is CCCCSc1nnc(NC(=O)COc2ccc(Br)cc2CC)s1. The average Bonchev–Trinajstić information content (AvgIpc) is 3.01. The minimum atomic E-state index is -0.235. The summed E-state index contributed by atoms with van der Waals surface area (Å²) in [4.78, 5) is 12.0. The number of unbranched alkanes of at least 4 members (excludes halogenated alkanes) is 1. The molecule has 2 rings (SSSR count). The number of hydrogen-bond donors (Lipinski definition) is 1. The molecule has 0 radical (unpaired) electrons. The highest BCUT2D eigenvalue weighted by Gasteiger charge is 2.10. The van der Waals surface area contributed by atoms with Crippen LogP contribution in [-0.4, -0.2) is 28.5 Å². The number of halogens is 1. The number of benzene rings is 1. The molecule has 0 aliphatic carbocycles. The van der Waals surface area contributed by atoms with Crippen LogP contribution in [-0.2, 0) is 11.2 Å². The molecule has 1 amide bonds. The molecular weight excluding hydrogens is 410 g/mol. The first-order valence-corrected chi connectivity index (χ1v) is 10.4. The summed E-state index contributed by atoms with van der Waals surface area (Å²) in [5.41, 5.74) is 1.06. The molecule has 2 aromatic rings. The summed E-state index contributed by atoms with van der Waals surface area (Å²) in [5, 5.41) is 11.3.